The SMILES string of the molecule is O=C(OCc1ccccc1)C1=C(O)CCc2cccc[n+]21. The number of aliphatic hydroxyl groups excluding tert-OH is 1. The summed E-state index contributed by atoms with van der Waals surface area (Å²) in [5.74, 6) is -0.426. The third kappa shape index (κ3) is 2.79. The summed E-state index contributed by atoms with van der Waals surface area (Å²) in [5.41, 5.74) is 2.12. The van der Waals surface area contributed by atoms with Gasteiger partial charge in [0.15, 0.2) is 17.6 Å². The third-order valence-corrected chi connectivity index (χ3v) is 3.48. The maximum absolute atomic E-state index is 12.3. The largest absolute Gasteiger partial charge is 0.506 e. The van der Waals surface area contributed by atoms with Crippen LogP contribution in [-0.4, -0.2) is 11.1 Å². The molecule has 1 aromatic heterocycles. The fourth-order valence-electron chi connectivity index (χ4n) is 2.41. The maximum Gasteiger partial charge on any atom is 0.408 e. The number of allylic oxidation sites excluding steroid dienone is 1. The molecule has 1 aromatic carbocycles. The molecule has 0 fully saturated rings. The van der Waals surface area contributed by atoms with Crippen LogP contribution < -0.4 is 4.57 Å². The van der Waals surface area contributed by atoms with Crippen LogP contribution in [0.1, 0.15) is 17.7 Å². The Morgan fingerprint density at radius 3 is 2.67 bits per heavy atom. The lowest BCUT2D eigenvalue weighted by atomic mass is 10.1. The van der Waals surface area contributed by atoms with Gasteiger partial charge in [-0.1, -0.05) is 36.4 Å². The molecule has 106 valence electrons. The standard InChI is InChI=1S/C17H15NO3/c19-15-10-9-14-8-4-5-11-18(14)16(15)17(20)21-12-13-6-2-1-3-7-13/h1-8,11H,9-10,12H2/p+1. The van der Waals surface area contributed by atoms with E-state index in [0.717, 1.165) is 11.3 Å². The maximum atomic E-state index is 12.3. The Morgan fingerprint density at radius 2 is 1.86 bits per heavy atom. The zero-order valence-electron chi connectivity index (χ0n) is 11.5. The van der Waals surface area contributed by atoms with Gasteiger partial charge in [-0.3, -0.25) is 0 Å². The molecule has 0 bridgehead atoms. The van der Waals surface area contributed by atoms with Crippen molar-refractivity contribution in [2.75, 3.05) is 0 Å². The molecule has 4 heteroatoms. The monoisotopic (exact) mass is 282 g/mol. The summed E-state index contributed by atoms with van der Waals surface area (Å²) in [5, 5.41) is 10.0. The first-order valence-corrected chi connectivity index (χ1v) is 6.89. The van der Waals surface area contributed by atoms with Crippen LogP contribution in [0, 0.1) is 0 Å². The van der Waals surface area contributed by atoms with Crippen LogP contribution in [0.5, 0.6) is 0 Å². The molecule has 0 atom stereocenters. The molecule has 4 nitrogen and oxygen atoms in total. The van der Waals surface area contributed by atoms with E-state index in [2.05, 4.69) is 0 Å². The summed E-state index contributed by atoms with van der Waals surface area (Å²) in [4.78, 5) is 12.3. The van der Waals surface area contributed by atoms with Gasteiger partial charge in [-0.15, -0.1) is 0 Å². The number of hydrogen-bond acceptors (Lipinski definition) is 3. The Balaban J connectivity index is 1.80. The van der Waals surface area contributed by atoms with Crippen molar-refractivity contribution in [1.82, 2.24) is 0 Å². The van der Waals surface area contributed by atoms with Crippen molar-refractivity contribution < 1.29 is 19.2 Å². The second kappa shape index (κ2) is 5.79. The van der Waals surface area contributed by atoms with E-state index in [0.29, 0.717) is 12.8 Å². The number of ether oxygens (including phenoxy) is 1. The zero-order valence-corrected chi connectivity index (χ0v) is 11.5. The second-order valence-electron chi connectivity index (χ2n) is 4.92. The fourth-order valence-corrected chi connectivity index (χ4v) is 2.41. The summed E-state index contributed by atoms with van der Waals surface area (Å²) in [7, 11) is 0. The first kappa shape index (κ1) is 13.4. The number of aliphatic hydroxyl groups is 1. The van der Waals surface area contributed by atoms with Gasteiger partial charge in [-0.2, -0.15) is 4.57 Å². The third-order valence-electron chi connectivity index (χ3n) is 3.48. The van der Waals surface area contributed by atoms with Crippen LogP contribution in [0.3, 0.4) is 0 Å². The number of esters is 1. The number of rotatable bonds is 3. The predicted octanol–water partition coefficient (Wildman–Crippen LogP) is 2.39. The Hall–Kier alpha value is -2.62. The van der Waals surface area contributed by atoms with Crippen molar-refractivity contribution in [2.24, 2.45) is 0 Å². The highest BCUT2D eigenvalue weighted by Gasteiger charge is 2.33. The Kier molecular flexibility index (Phi) is 3.69. The molecule has 1 N–H and O–H groups in total. The molecule has 2 heterocycles. The van der Waals surface area contributed by atoms with Crippen LogP contribution in [0.25, 0.3) is 5.70 Å². The lowest BCUT2D eigenvalue weighted by molar-refractivity contribution is -0.591. The molecular weight excluding hydrogens is 266 g/mol. The first-order valence-electron chi connectivity index (χ1n) is 6.89. The highest BCUT2D eigenvalue weighted by atomic mass is 16.5. The van der Waals surface area contributed by atoms with Gasteiger partial charge < -0.3 is 9.84 Å². The minimum Gasteiger partial charge on any atom is -0.506 e. The number of pyridine rings is 1. The molecule has 1 aliphatic heterocycles. The molecule has 2 aromatic rings. The number of benzene rings is 1. The van der Waals surface area contributed by atoms with E-state index in [1.807, 2.05) is 48.5 Å². The van der Waals surface area contributed by atoms with Crippen LogP contribution in [0.15, 0.2) is 60.5 Å². The average Bonchev–Trinajstić information content (AvgIpc) is 2.53. The molecule has 1 aliphatic rings. The quantitative estimate of drug-likeness (QED) is 0.694. The molecule has 0 saturated heterocycles. The molecule has 3 rings (SSSR count). The highest BCUT2D eigenvalue weighted by molar-refractivity contribution is 6.06. The van der Waals surface area contributed by atoms with E-state index in [4.69, 9.17) is 4.74 Å². The molecule has 0 spiro atoms. The van der Waals surface area contributed by atoms with E-state index in [1.54, 1.807) is 10.8 Å². The smallest absolute Gasteiger partial charge is 0.408 e. The van der Waals surface area contributed by atoms with Crippen molar-refractivity contribution in [3.8, 4) is 0 Å². The van der Waals surface area contributed by atoms with Gasteiger partial charge in [-0.25, -0.2) is 4.79 Å². The van der Waals surface area contributed by atoms with Gasteiger partial charge in [0, 0.05) is 25.0 Å². The van der Waals surface area contributed by atoms with Crippen LogP contribution >= 0.6 is 0 Å². The number of aryl methyl sites for hydroxylation is 1. The Labute approximate surface area is 122 Å². The Morgan fingerprint density at radius 1 is 1.10 bits per heavy atom. The lowest BCUT2D eigenvalue weighted by Gasteiger charge is -2.12. The summed E-state index contributed by atoms with van der Waals surface area (Å²) in [6.07, 6.45) is 2.94. The molecule has 0 radical (unpaired) electrons. The van der Waals surface area contributed by atoms with Gasteiger partial charge in [0.2, 0.25) is 0 Å². The van der Waals surface area contributed by atoms with Gasteiger partial charge in [0.05, 0.1) is 0 Å². The van der Waals surface area contributed by atoms with Crippen molar-refractivity contribution in [1.29, 1.82) is 0 Å². The lowest BCUT2D eigenvalue weighted by Crippen LogP contribution is -2.44. The number of carbonyl (C=O) groups is 1. The number of nitrogens with zero attached hydrogens (tertiary/aromatic N) is 1. The topological polar surface area (TPSA) is 50.4 Å². The van der Waals surface area contributed by atoms with Gasteiger partial charge >= 0.3 is 11.7 Å². The molecule has 0 saturated carbocycles. The van der Waals surface area contributed by atoms with Crippen molar-refractivity contribution in [3.05, 3.63) is 71.7 Å². The summed E-state index contributed by atoms with van der Waals surface area (Å²) >= 11 is 0. The number of fused-ring (bicyclic) bond motifs is 1. The number of aromatic nitrogens is 1. The van der Waals surface area contributed by atoms with Gasteiger partial charge in [0.25, 0.3) is 0 Å². The molecule has 0 amide bonds. The molecule has 21 heavy (non-hydrogen) atoms. The summed E-state index contributed by atoms with van der Waals surface area (Å²) < 4.78 is 7.02. The second-order valence-corrected chi connectivity index (χ2v) is 4.92. The minimum absolute atomic E-state index is 0.0803. The van der Waals surface area contributed by atoms with Crippen molar-refractivity contribution in [2.45, 2.75) is 19.4 Å². The van der Waals surface area contributed by atoms with E-state index in [1.165, 1.54) is 0 Å². The first-order chi connectivity index (χ1) is 10.3. The average molecular weight is 282 g/mol. The van der Waals surface area contributed by atoms with Crippen LogP contribution in [0.4, 0.5) is 0 Å². The van der Waals surface area contributed by atoms with Gasteiger partial charge in [0.1, 0.15) is 6.61 Å². The number of hydrogen-bond donors (Lipinski definition) is 1. The zero-order chi connectivity index (χ0) is 14.7. The highest BCUT2D eigenvalue weighted by Crippen LogP contribution is 2.17. The summed E-state index contributed by atoms with van der Waals surface area (Å²) in [6, 6.07) is 15.2. The van der Waals surface area contributed by atoms with E-state index >= 15 is 0 Å². The Bertz CT molecular complexity index is 692. The van der Waals surface area contributed by atoms with E-state index in [9.17, 15) is 9.90 Å². The number of carbonyl (C=O) groups excluding carboxylic acids is 1. The minimum atomic E-state index is -0.506. The van der Waals surface area contributed by atoms with Crippen LogP contribution in [0.2, 0.25) is 0 Å². The molecular formula is C17H16NO3+. The van der Waals surface area contributed by atoms with Crippen LogP contribution in [-0.2, 0) is 22.6 Å². The van der Waals surface area contributed by atoms with E-state index in [-0.39, 0.29) is 18.1 Å². The molecule has 0 aliphatic carbocycles. The fraction of sp³-hybridized carbons (Fsp3) is 0.176. The van der Waals surface area contributed by atoms with Gasteiger partial charge in [-0.05, 0) is 5.56 Å². The summed E-state index contributed by atoms with van der Waals surface area (Å²) in [6.45, 7) is 0.194. The predicted molar refractivity (Wildman–Crippen MR) is 77.0 cm³/mol. The van der Waals surface area contributed by atoms with E-state index < -0.39 is 5.97 Å². The molecule has 0 unspecified atom stereocenters. The normalized spacial score (nSPS) is 13.7. The van der Waals surface area contributed by atoms with Crippen molar-refractivity contribution >= 4 is 11.7 Å². The van der Waals surface area contributed by atoms with Crippen molar-refractivity contribution in [3.63, 3.8) is 0 Å².